The van der Waals surface area contributed by atoms with Gasteiger partial charge in [0.1, 0.15) is 5.82 Å². The zero-order chi connectivity index (χ0) is 17.4. The first-order valence-electron chi connectivity index (χ1n) is 8.47. The van der Waals surface area contributed by atoms with Crippen molar-refractivity contribution in [3.63, 3.8) is 0 Å². The molecule has 3 heterocycles. The number of hydrogen-bond donors (Lipinski definition) is 1. The normalized spacial score (nSPS) is 20.0. The molecule has 0 amide bonds. The van der Waals surface area contributed by atoms with E-state index in [-0.39, 0.29) is 18.3 Å². The third kappa shape index (κ3) is 3.50. The molecule has 2 aliphatic rings. The number of nitrogens with zero attached hydrogens (tertiary/aromatic N) is 2. The lowest BCUT2D eigenvalue weighted by molar-refractivity contribution is 0.173. The van der Waals surface area contributed by atoms with E-state index in [9.17, 15) is 4.79 Å². The van der Waals surface area contributed by atoms with Crippen molar-refractivity contribution in [3.8, 4) is 11.5 Å². The van der Waals surface area contributed by atoms with E-state index in [0.717, 1.165) is 49.5 Å². The Balaban J connectivity index is 1.51. The molecular weight excluding hydrogens is 342 g/mol. The molecule has 1 atom stereocenters. The van der Waals surface area contributed by atoms with Gasteiger partial charge in [-0.15, -0.1) is 0 Å². The number of aromatic amines is 1. The number of rotatable bonds is 3. The number of H-pyrrole nitrogens is 1. The summed E-state index contributed by atoms with van der Waals surface area (Å²) in [4.78, 5) is 21.3. The largest absolute Gasteiger partial charge is 0.454 e. The summed E-state index contributed by atoms with van der Waals surface area (Å²) >= 11 is 6.40. The van der Waals surface area contributed by atoms with Crippen molar-refractivity contribution in [1.82, 2.24) is 14.9 Å². The smallest absolute Gasteiger partial charge is 0.251 e. The number of nitrogens with one attached hydrogen (secondary N) is 1. The average Bonchev–Trinajstić information content (AvgIpc) is 3.01. The zero-order valence-corrected chi connectivity index (χ0v) is 14.8. The number of piperidine rings is 1. The second-order valence-electron chi connectivity index (χ2n) is 6.63. The minimum atomic E-state index is -0.0848. The fraction of sp³-hybridized carbons (Fsp3) is 0.444. The summed E-state index contributed by atoms with van der Waals surface area (Å²) in [5.41, 5.74) is 1.82. The van der Waals surface area contributed by atoms with E-state index in [4.69, 9.17) is 21.1 Å². The molecule has 1 aromatic heterocycles. The van der Waals surface area contributed by atoms with E-state index in [2.05, 4.69) is 14.9 Å². The quantitative estimate of drug-likeness (QED) is 0.910. The van der Waals surface area contributed by atoms with Crippen LogP contribution < -0.4 is 15.0 Å². The number of benzene rings is 1. The molecule has 0 aliphatic carbocycles. The van der Waals surface area contributed by atoms with E-state index >= 15 is 0 Å². The van der Waals surface area contributed by atoms with Crippen molar-refractivity contribution in [1.29, 1.82) is 0 Å². The lowest BCUT2D eigenvalue weighted by atomic mass is 9.94. The number of halogens is 1. The van der Waals surface area contributed by atoms with Crippen LogP contribution in [0.25, 0.3) is 0 Å². The van der Waals surface area contributed by atoms with Crippen LogP contribution in [-0.2, 0) is 6.54 Å². The minimum absolute atomic E-state index is 0.0848. The molecule has 6 nitrogen and oxygen atoms in total. The molecule has 2 aromatic rings. The number of ether oxygens (including phenoxy) is 2. The summed E-state index contributed by atoms with van der Waals surface area (Å²) < 4.78 is 10.8. The molecule has 2 aliphatic heterocycles. The molecule has 1 saturated heterocycles. The van der Waals surface area contributed by atoms with E-state index in [1.807, 2.05) is 19.1 Å². The molecule has 0 bridgehead atoms. The maximum Gasteiger partial charge on any atom is 0.251 e. The number of aryl methyl sites for hydroxylation is 1. The van der Waals surface area contributed by atoms with E-state index in [0.29, 0.717) is 16.6 Å². The number of likely N-dealkylation sites (tertiary alicyclic amines) is 1. The van der Waals surface area contributed by atoms with Crippen LogP contribution in [-0.4, -0.2) is 34.8 Å². The van der Waals surface area contributed by atoms with Crippen molar-refractivity contribution < 1.29 is 9.47 Å². The first-order chi connectivity index (χ1) is 12.1. The second-order valence-corrected chi connectivity index (χ2v) is 7.03. The highest BCUT2D eigenvalue weighted by atomic mass is 35.5. The Bertz CT molecular complexity index is 852. The van der Waals surface area contributed by atoms with E-state index < -0.39 is 0 Å². The summed E-state index contributed by atoms with van der Waals surface area (Å²) in [6.45, 7) is 4.67. The van der Waals surface area contributed by atoms with Gasteiger partial charge in [-0.25, -0.2) is 4.98 Å². The summed E-state index contributed by atoms with van der Waals surface area (Å²) in [7, 11) is 0. The van der Waals surface area contributed by atoms with Gasteiger partial charge in [0.15, 0.2) is 11.5 Å². The molecule has 1 fully saturated rings. The van der Waals surface area contributed by atoms with Crippen LogP contribution >= 0.6 is 11.6 Å². The third-order valence-electron chi connectivity index (χ3n) is 4.74. The SMILES string of the molecule is Cc1nc([C@@H]2CCCN(Cc3cc4c(cc3Cl)OCO4)C2)cc(=O)[nH]1. The molecule has 0 spiro atoms. The monoisotopic (exact) mass is 361 g/mol. The van der Waals surface area contributed by atoms with Crippen molar-refractivity contribution in [2.45, 2.75) is 32.2 Å². The van der Waals surface area contributed by atoms with Gasteiger partial charge in [-0.3, -0.25) is 9.69 Å². The average molecular weight is 362 g/mol. The second kappa shape index (κ2) is 6.69. The highest BCUT2D eigenvalue weighted by Gasteiger charge is 2.24. The van der Waals surface area contributed by atoms with Gasteiger partial charge in [-0.2, -0.15) is 0 Å². The molecular formula is C18H20ClN3O3. The van der Waals surface area contributed by atoms with Gasteiger partial charge in [-0.05, 0) is 37.9 Å². The Kier molecular flexibility index (Phi) is 4.39. The van der Waals surface area contributed by atoms with Crippen molar-refractivity contribution in [3.05, 3.63) is 50.7 Å². The maximum atomic E-state index is 11.7. The van der Waals surface area contributed by atoms with Crippen LogP contribution in [0.1, 0.15) is 35.8 Å². The van der Waals surface area contributed by atoms with Gasteiger partial charge >= 0.3 is 0 Å². The number of fused-ring (bicyclic) bond motifs is 1. The zero-order valence-electron chi connectivity index (χ0n) is 14.0. The topological polar surface area (TPSA) is 67.5 Å². The highest BCUT2D eigenvalue weighted by Crippen LogP contribution is 2.37. The van der Waals surface area contributed by atoms with Gasteiger partial charge in [0.2, 0.25) is 6.79 Å². The van der Waals surface area contributed by atoms with E-state index in [1.165, 1.54) is 0 Å². The Morgan fingerprint density at radius 2 is 2.12 bits per heavy atom. The van der Waals surface area contributed by atoms with Crippen LogP contribution in [0.4, 0.5) is 0 Å². The molecule has 25 heavy (non-hydrogen) atoms. The molecule has 132 valence electrons. The van der Waals surface area contributed by atoms with E-state index in [1.54, 1.807) is 6.07 Å². The fourth-order valence-electron chi connectivity index (χ4n) is 3.57. The molecule has 1 aromatic carbocycles. The number of hydrogen-bond acceptors (Lipinski definition) is 5. The maximum absolute atomic E-state index is 11.7. The predicted molar refractivity (Wildman–Crippen MR) is 94.4 cm³/mol. The molecule has 4 rings (SSSR count). The van der Waals surface area contributed by atoms with Crippen LogP contribution in [0.15, 0.2) is 23.0 Å². The van der Waals surface area contributed by atoms with Gasteiger partial charge in [-0.1, -0.05) is 11.6 Å². The number of aromatic nitrogens is 2. The summed E-state index contributed by atoms with van der Waals surface area (Å²) in [6, 6.07) is 5.40. The van der Waals surface area contributed by atoms with Crippen LogP contribution in [0.2, 0.25) is 5.02 Å². The fourth-order valence-corrected chi connectivity index (χ4v) is 3.79. The van der Waals surface area contributed by atoms with Crippen molar-refractivity contribution in [2.24, 2.45) is 0 Å². The summed E-state index contributed by atoms with van der Waals surface area (Å²) in [6.07, 6.45) is 2.11. The van der Waals surface area contributed by atoms with Crippen molar-refractivity contribution >= 4 is 11.6 Å². The third-order valence-corrected chi connectivity index (χ3v) is 5.09. The Morgan fingerprint density at radius 1 is 1.32 bits per heavy atom. The molecule has 0 saturated carbocycles. The van der Waals surface area contributed by atoms with Gasteiger partial charge in [0, 0.05) is 36.2 Å². The summed E-state index contributed by atoms with van der Waals surface area (Å²) in [5.74, 6) is 2.38. The Labute approximate surface area is 150 Å². The first-order valence-corrected chi connectivity index (χ1v) is 8.84. The van der Waals surface area contributed by atoms with Crippen LogP contribution in [0.5, 0.6) is 11.5 Å². The molecule has 1 N–H and O–H groups in total. The molecule has 0 radical (unpaired) electrons. The van der Waals surface area contributed by atoms with Crippen molar-refractivity contribution in [2.75, 3.05) is 19.9 Å². The molecule has 7 heteroatoms. The lowest BCUT2D eigenvalue weighted by Gasteiger charge is -2.32. The molecule has 0 unspecified atom stereocenters. The van der Waals surface area contributed by atoms with Gasteiger partial charge in [0.05, 0.1) is 5.69 Å². The van der Waals surface area contributed by atoms with Gasteiger partial charge < -0.3 is 14.5 Å². The standard InChI is InChI=1S/C18H20ClN3O3/c1-11-20-15(7-18(23)21-11)12-3-2-4-22(8-12)9-13-5-16-17(6-14(13)19)25-10-24-16/h5-7,12H,2-4,8-10H2,1H3,(H,20,21,23)/t12-/m1/s1. The summed E-state index contributed by atoms with van der Waals surface area (Å²) in [5, 5.41) is 0.691. The van der Waals surface area contributed by atoms with Gasteiger partial charge in [0.25, 0.3) is 5.56 Å². The Hall–Kier alpha value is -2.05. The Morgan fingerprint density at radius 3 is 2.92 bits per heavy atom. The first kappa shape index (κ1) is 16.4. The minimum Gasteiger partial charge on any atom is -0.454 e. The highest BCUT2D eigenvalue weighted by molar-refractivity contribution is 6.31. The lowest BCUT2D eigenvalue weighted by Crippen LogP contribution is -2.34. The van der Waals surface area contributed by atoms with Crippen LogP contribution in [0, 0.1) is 6.92 Å². The predicted octanol–water partition coefficient (Wildman–Crippen LogP) is 2.84. The van der Waals surface area contributed by atoms with Crippen LogP contribution in [0.3, 0.4) is 0 Å².